The summed E-state index contributed by atoms with van der Waals surface area (Å²) in [6.07, 6.45) is 1.97. The van der Waals surface area contributed by atoms with Crippen LogP contribution in [0.3, 0.4) is 0 Å². The Morgan fingerprint density at radius 2 is 2.00 bits per heavy atom. The number of pyridine rings is 1. The first kappa shape index (κ1) is 15.7. The van der Waals surface area contributed by atoms with Crippen LogP contribution in [-0.2, 0) is 0 Å². The Kier molecular flexibility index (Phi) is 4.48. The molecule has 23 heavy (non-hydrogen) atoms. The second-order valence-electron chi connectivity index (χ2n) is 6.29. The minimum atomic E-state index is -0.288. The van der Waals surface area contributed by atoms with Gasteiger partial charge in [-0.15, -0.1) is 0 Å². The molecule has 0 unspecified atom stereocenters. The first-order valence-electron chi connectivity index (χ1n) is 8.17. The molecule has 1 amide bonds. The number of carbonyl (C=O) groups is 1. The Morgan fingerprint density at radius 3 is 2.70 bits per heavy atom. The summed E-state index contributed by atoms with van der Waals surface area (Å²) >= 11 is 0. The lowest BCUT2D eigenvalue weighted by Gasteiger charge is -2.32. The van der Waals surface area contributed by atoms with Crippen LogP contribution in [0.5, 0.6) is 0 Å². The Hall–Kier alpha value is -2.14. The molecule has 5 nitrogen and oxygen atoms in total. The maximum Gasteiger partial charge on any atom is 0.261 e. The number of aromatic amines is 1. The lowest BCUT2D eigenvalue weighted by molar-refractivity contribution is 0.0688. The molecule has 1 aromatic heterocycles. The normalized spacial score (nSPS) is 16.0. The summed E-state index contributed by atoms with van der Waals surface area (Å²) < 4.78 is 0. The van der Waals surface area contributed by atoms with E-state index in [0.29, 0.717) is 5.92 Å². The lowest BCUT2D eigenvalue weighted by Crippen LogP contribution is -2.42. The van der Waals surface area contributed by atoms with Crippen molar-refractivity contribution in [2.75, 3.05) is 26.7 Å². The molecule has 1 fully saturated rings. The number of hydrogen-bond acceptors (Lipinski definition) is 3. The molecule has 2 aromatic rings. The van der Waals surface area contributed by atoms with Gasteiger partial charge in [0.2, 0.25) is 0 Å². The number of aryl methyl sites for hydroxylation is 1. The summed E-state index contributed by atoms with van der Waals surface area (Å²) in [4.78, 5) is 29.9. The third-order valence-electron chi connectivity index (χ3n) is 4.79. The van der Waals surface area contributed by atoms with Crippen molar-refractivity contribution in [3.8, 4) is 0 Å². The van der Waals surface area contributed by atoms with Gasteiger partial charge in [-0.1, -0.05) is 18.2 Å². The van der Waals surface area contributed by atoms with E-state index < -0.39 is 0 Å². The highest BCUT2D eigenvalue weighted by Crippen LogP contribution is 2.21. The van der Waals surface area contributed by atoms with Gasteiger partial charge >= 0.3 is 0 Å². The van der Waals surface area contributed by atoms with E-state index in [4.69, 9.17) is 0 Å². The second-order valence-corrected chi connectivity index (χ2v) is 6.29. The minimum absolute atomic E-state index is 0.141. The molecule has 122 valence electrons. The van der Waals surface area contributed by atoms with Gasteiger partial charge in [-0.2, -0.15) is 0 Å². The first-order valence-corrected chi connectivity index (χ1v) is 8.17. The number of carbonyl (C=O) groups excluding carboxylic acids is 1. The molecule has 1 aromatic carbocycles. The fourth-order valence-corrected chi connectivity index (χ4v) is 3.45. The van der Waals surface area contributed by atoms with Crippen molar-refractivity contribution in [3.63, 3.8) is 0 Å². The summed E-state index contributed by atoms with van der Waals surface area (Å²) in [6, 6.07) is 7.61. The molecule has 2 N–H and O–H groups in total. The molecular weight excluding hydrogens is 290 g/mol. The van der Waals surface area contributed by atoms with Crippen LogP contribution in [-0.4, -0.2) is 42.5 Å². The van der Waals surface area contributed by atoms with Crippen LogP contribution >= 0.6 is 0 Å². The zero-order chi connectivity index (χ0) is 16.4. The van der Waals surface area contributed by atoms with Gasteiger partial charge in [-0.05, 0) is 50.9 Å². The van der Waals surface area contributed by atoms with Gasteiger partial charge in [0.15, 0.2) is 0 Å². The van der Waals surface area contributed by atoms with E-state index in [-0.39, 0.29) is 17.0 Å². The molecular formula is C18H23N3O2. The van der Waals surface area contributed by atoms with E-state index >= 15 is 0 Å². The van der Waals surface area contributed by atoms with E-state index in [1.807, 2.05) is 43.1 Å². The fraction of sp³-hybridized carbons (Fsp3) is 0.444. The number of H-pyrrole nitrogens is 1. The number of para-hydroxylation sites is 1. The van der Waals surface area contributed by atoms with Crippen LogP contribution in [0.4, 0.5) is 0 Å². The lowest BCUT2D eigenvalue weighted by atomic mass is 9.95. The quantitative estimate of drug-likeness (QED) is 0.910. The summed E-state index contributed by atoms with van der Waals surface area (Å²) in [5.41, 5.74) is 1.55. The Balaban J connectivity index is 1.89. The number of nitrogens with one attached hydrogen (secondary N) is 2. The fourth-order valence-electron chi connectivity index (χ4n) is 3.45. The number of amides is 1. The summed E-state index contributed by atoms with van der Waals surface area (Å²) in [5.74, 6) is 0.470. The number of nitrogens with zero attached hydrogens (tertiary/aromatic N) is 1. The molecule has 0 saturated carbocycles. The van der Waals surface area contributed by atoms with Crippen LogP contribution in [0, 0.1) is 12.8 Å². The van der Waals surface area contributed by atoms with Gasteiger partial charge in [0, 0.05) is 24.0 Å². The highest BCUT2D eigenvalue weighted by molar-refractivity contribution is 5.99. The largest absolute Gasteiger partial charge is 0.338 e. The third kappa shape index (κ3) is 3.01. The van der Waals surface area contributed by atoms with Crippen molar-refractivity contribution in [1.29, 1.82) is 0 Å². The number of piperidine rings is 1. The average molecular weight is 313 g/mol. The molecule has 2 heterocycles. The van der Waals surface area contributed by atoms with Crippen LogP contribution < -0.4 is 10.9 Å². The smallest absolute Gasteiger partial charge is 0.261 e. The van der Waals surface area contributed by atoms with Crippen molar-refractivity contribution >= 4 is 16.8 Å². The molecule has 0 aliphatic carbocycles. The molecule has 0 radical (unpaired) electrons. The van der Waals surface area contributed by atoms with Crippen molar-refractivity contribution in [1.82, 2.24) is 15.2 Å². The van der Waals surface area contributed by atoms with Crippen molar-refractivity contribution in [3.05, 3.63) is 45.7 Å². The Morgan fingerprint density at radius 1 is 1.30 bits per heavy atom. The maximum atomic E-state index is 12.8. The minimum Gasteiger partial charge on any atom is -0.338 e. The highest BCUT2D eigenvalue weighted by atomic mass is 16.2. The van der Waals surface area contributed by atoms with E-state index in [9.17, 15) is 9.59 Å². The highest BCUT2D eigenvalue weighted by Gasteiger charge is 2.26. The Bertz CT molecular complexity index is 773. The van der Waals surface area contributed by atoms with E-state index in [1.165, 1.54) is 0 Å². The third-order valence-corrected chi connectivity index (χ3v) is 4.79. The molecule has 0 bridgehead atoms. The van der Waals surface area contributed by atoms with Gasteiger partial charge in [0.05, 0.1) is 0 Å². The summed E-state index contributed by atoms with van der Waals surface area (Å²) in [5, 5.41) is 4.12. The Labute approximate surface area is 135 Å². The van der Waals surface area contributed by atoms with Gasteiger partial charge in [0.25, 0.3) is 11.5 Å². The predicted octanol–water partition coefficient (Wildman–Crippen LogP) is 1.91. The topological polar surface area (TPSA) is 65.2 Å². The molecule has 0 atom stereocenters. The van der Waals surface area contributed by atoms with Crippen molar-refractivity contribution in [2.24, 2.45) is 5.92 Å². The van der Waals surface area contributed by atoms with E-state index in [1.54, 1.807) is 0 Å². The maximum absolute atomic E-state index is 12.8. The predicted molar refractivity (Wildman–Crippen MR) is 91.9 cm³/mol. The van der Waals surface area contributed by atoms with Crippen LogP contribution in [0.25, 0.3) is 10.9 Å². The molecule has 1 aliphatic heterocycles. The molecule has 5 heteroatoms. The number of likely N-dealkylation sites (tertiary alicyclic amines) is 1. The van der Waals surface area contributed by atoms with Crippen molar-refractivity contribution in [2.45, 2.75) is 19.8 Å². The zero-order valence-corrected chi connectivity index (χ0v) is 13.7. The molecule has 1 saturated heterocycles. The summed E-state index contributed by atoms with van der Waals surface area (Å²) in [7, 11) is 1.95. The first-order chi connectivity index (χ1) is 11.1. The molecule has 0 spiro atoms. The number of fused-ring (bicyclic) bond motifs is 1. The molecule has 1 aliphatic rings. The van der Waals surface area contributed by atoms with E-state index in [0.717, 1.165) is 48.9 Å². The van der Waals surface area contributed by atoms with Gasteiger partial charge < -0.3 is 15.2 Å². The standard InChI is InChI=1S/C18H23N3O2/c1-12-14-5-3-4-6-15(14)20-17(22)16(12)18(23)21-9-7-13(8-10-21)11-19-2/h3-6,13,19H,7-11H2,1-2H3,(H,20,22). The number of rotatable bonds is 3. The average Bonchev–Trinajstić information content (AvgIpc) is 2.56. The molecule has 3 rings (SSSR count). The number of benzene rings is 1. The van der Waals surface area contributed by atoms with Gasteiger partial charge in [0.1, 0.15) is 5.56 Å². The van der Waals surface area contributed by atoms with Crippen molar-refractivity contribution < 1.29 is 4.79 Å². The zero-order valence-electron chi connectivity index (χ0n) is 13.7. The van der Waals surface area contributed by atoms with Crippen LogP contribution in [0.2, 0.25) is 0 Å². The summed E-state index contributed by atoms with van der Waals surface area (Å²) in [6.45, 7) is 4.28. The SMILES string of the molecule is CNCC1CCN(C(=O)c2c(C)c3ccccc3[nH]c2=O)CC1. The van der Waals surface area contributed by atoms with Gasteiger partial charge in [-0.25, -0.2) is 0 Å². The van der Waals surface area contributed by atoms with Gasteiger partial charge in [-0.3, -0.25) is 9.59 Å². The second kappa shape index (κ2) is 6.54. The van der Waals surface area contributed by atoms with E-state index in [2.05, 4.69) is 10.3 Å². The number of hydrogen-bond donors (Lipinski definition) is 2. The number of aromatic nitrogens is 1. The van der Waals surface area contributed by atoms with Crippen LogP contribution in [0.15, 0.2) is 29.1 Å². The monoisotopic (exact) mass is 313 g/mol. The van der Waals surface area contributed by atoms with Crippen LogP contribution in [0.1, 0.15) is 28.8 Å².